The Balaban J connectivity index is 1.50. The van der Waals surface area contributed by atoms with Crippen molar-refractivity contribution in [3.8, 4) is 0 Å². The summed E-state index contributed by atoms with van der Waals surface area (Å²) in [4.78, 5) is 13.8. The van der Waals surface area contributed by atoms with Gasteiger partial charge in [-0.15, -0.1) is 0 Å². The maximum absolute atomic E-state index is 11.9. The predicted molar refractivity (Wildman–Crippen MR) is 101 cm³/mol. The van der Waals surface area contributed by atoms with E-state index in [1.54, 1.807) is 6.92 Å². The highest BCUT2D eigenvalue weighted by Gasteiger charge is 2.32. The molecule has 0 unspecified atom stereocenters. The quantitative estimate of drug-likeness (QED) is 0.911. The smallest absolute Gasteiger partial charge is 0.219 e. The van der Waals surface area contributed by atoms with Crippen LogP contribution in [0.25, 0.3) is 0 Å². The normalized spacial score (nSPS) is 30.3. The molecule has 2 N–H and O–H groups in total. The van der Waals surface area contributed by atoms with E-state index in [1.807, 2.05) is 4.90 Å². The van der Waals surface area contributed by atoms with Crippen LogP contribution in [0.3, 0.4) is 0 Å². The third-order valence-corrected chi connectivity index (χ3v) is 6.04. The Labute approximate surface area is 151 Å². The summed E-state index contributed by atoms with van der Waals surface area (Å²) in [5.74, 6) is 0.777. The number of nitrogens with zero attached hydrogens (tertiary/aromatic N) is 1. The van der Waals surface area contributed by atoms with Gasteiger partial charge in [0, 0.05) is 19.5 Å². The lowest BCUT2D eigenvalue weighted by molar-refractivity contribution is -0.135. The van der Waals surface area contributed by atoms with Crippen molar-refractivity contribution in [2.45, 2.75) is 76.5 Å². The zero-order chi connectivity index (χ0) is 17.8. The summed E-state index contributed by atoms with van der Waals surface area (Å²) in [6, 6.07) is 8.82. The van der Waals surface area contributed by atoms with E-state index in [4.69, 9.17) is 10.5 Å². The van der Waals surface area contributed by atoms with Crippen molar-refractivity contribution in [2.75, 3.05) is 13.2 Å². The van der Waals surface area contributed by atoms with E-state index < -0.39 is 0 Å². The van der Waals surface area contributed by atoms with Gasteiger partial charge in [0.2, 0.25) is 5.91 Å². The van der Waals surface area contributed by atoms with Gasteiger partial charge in [0.15, 0.2) is 0 Å². The number of amides is 1. The lowest BCUT2D eigenvalue weighted by atomic mass is 9.81. The maximum atomic E-state index is 11.9. The topological polar surface area (TPSA) is 55.6 Å². The molecular formula is C21H32N2O2. The summed E-state index contributed by atoms with van der Waals surface area (Å²) in [6.45, 7) is 5.24. The number of hydrogen-bond acceptors (Lipinski definition) is 3. The number of carbonyl (C=O) groups excluding carboxylic acids is 1. The summed E-state index contributed by atoms with van der Waals surface area (Å²) >= 11 is 0. The van der Waals surface area contributed by atoms with Crippen LogP contribution < -0.4 is 5.73 Å². The number of piperidine rings is 1. The number of carbonyl (C=O) groups is 1. The molecule has 3 rings (SSSR count). The fourth-order valence-electron chi connectivity index (χ4n) is 4.51. The van der Waals surface area contributed by atoms with E-state index in [9.17, 15) is 4.79 Å². The van der Waals surface area contributed by atoms with E-state index in [-0.39, 0.29) is 18.0 Å². The first-order valence-corrected chi connectivity index (χ1v) is 9.76. The molecule has 2 fully saturated rings. The number of ether oxygens (including phenoxy) is 1. The third kappa shape index (κ3) is 4.42. The maximum Gasteiger partial charge on any atom is 0.219 e. The molecule has 4 heteroatoms. The number of likely N-dealkylation sites (tertiary alicyclic amines) is 1. The molecule has 0 radical (unpaired) electrons. The Morgan fingerprint density at radius 2 is 1.92 bits per heavy atom. The fraction of sp³-hybridized carbons (Fsp3) is 0.667. The molecule has 138 valence electrons. The van der Waals surface area contributed by atoms with Gasteiger partial charge in [-0.2, -0.15) is 0 Å². The summed E-state index contributed by atoms with van der Waals surface area (Å²) < 4.78 is 6.21. The molecule has 1 heterocycles. The molecule has 0 spiro atoms. The van der Waals surface area contributed by atoms with E-state index in [0.29, 0.717) is 18.6 Å². The Bertz CT molecular complexity index is 581. The molecule has 2 aliphatic rings. The molecule has 1 saturated carbocycles. The monoisotopic (exact) mass is 344 g/mol. The van der Waals surface area contributed by atoms with E-state index in [1.165, 1.54) is 24.0 Å². The van der Waals surface area contributed by atoms with Crippen LogP contribution in [0.5, 0.6) is 0 Å². The molecule has 2 atom stereocenters. The van der Waals surface area contributed by atoms with Crippen molar-refractivity contribution < 1.29 is 9.53 Å². The van der Waals surface area contributed by atoms with Gasteiger partial charge in [-0.3, -0.25) is 4.79 Å². The van der Waals surface area contributed by atoms with Crippen molar-refractivity contribution >= 4 is 5.91 Å². The van der Waals surface area contributed by atoms with Gasteiger partial charge in [0.05, 0.1) is 18.8 Å². The molecule has 1 aromatic rings. The first-order valence-electron chi connectivity index (χ1n) is 9.76. The van der Waals surface area contributed by atoms with Crippen molar-refractivity contribution in [2.24, 2.45) is 5.73 Å². The van der Waals surface area contributed by atoms with Gasteiger partial charge in [-0.05, 0) is 62.5 Å². The van der Waals surface area contributed by atoms with E-state index in [0.717, 1.165) is 32.2 Å². The van der Waals surface area contributed by atoms with Crippen LogP contribution in [0.2, 0.25) is 0 Å². The number of rotatable bonds is 4. The Hall–Kier alpha value is -1.39. The second kappa shape index (κ2) is 8.33. The molecule has 1 saturated heterocycles. The first-order chi connectivity index (χ1) is 12.1. The molecule has 0 bridgehead atoms. The molecule has 1 aromatic carbocycles. The molecule has 1 aliphatic carbocycles. The third-order valence-electron chi connectivity index (χ3n) is 6.04. The first kappa shape index (κ1) is 18.4. The molecular weight excluding hydrogens is 312 g/mol. The van der Waals surface area contributed by atoms with Crippen LogP contribution in [0, 0.1) is 6.92 Å². The highest BCUT2D eigenvalue weighted by molar-refractivity contribution is 5.73. The van der Waals surface area contributed by atoms with Crippen molar-refractivity contribution in [3.05, 3.63) is 35.4 Å². The van der Waals surface area contributed by atoms with E-state index in [2.05, 4.69) is 31.2 Å². The number of benzene rings is 1. The van der Waals surface area contributed by atoms with Crippen LogP contribution >= 0.6 is 0 Å². The van der Waals surface area contributed by atoms with Crippen LogP contribution in [0.4, 0.5) is 0 Å². The van der Waals surface area contributed by atoms with Crippen LogP contribution in [0.15, 0.2) is 24.3 Å². The number of hydrogen-bond donors (Lipinski definition) is 1. The standard InChI is InChI=1S/C21H32N2O2/c1-15-6-3-4-7-19(15)17-9-11-18(12-10-17)25-14-21-20(22)8-5-13-23(21)16(2)24/h3-4,6-7,17-18,20-21H,5,8-14,22H2,1-2H3/t17?,18?,20-,21-/m0/s1. The SMILES string of the molecule is CC(=O)N1CCC[C@H](N)[C@@H]1COC1CCC(c2ccccc2C)CC1. The van der Waals surface area contributed by atoms with Crippen molar-refractivity contribution in [1.82, 2.24) is 4.90 Å². The molecule has 1 aliphatic heterocycles. The summed E-state index contributed by atoms with van der Waals surface area (Å²) in [6.07, 6.45) is 6.85. The van der Waals surface area contributed by atoms with Crippen LogP contribution in [-0.2, 0) is 9.53 Å². The van der Waals surface area contributed by atoms with Crippen molar-refractivity contribution in [1.29, 1.82) is 0 Å². The second-order valence-corrected chi connectivity index (χ2v) is 7.75. The highest BCUT2D eigenvalue weighted by atomic mass is 16.5. The number of nitrogens with two attached hydrogens (primary N) is 1. The molecule has 1 amide bonds. The second-order valence-electron chi connectivity index (χ2n) is 7.75. The minimum atomic E-state index is 0.0420. The van der Waals surface area contributed by atoms with Gasteiger partial charge in [-0.25, -0.2) is 0 Å². The number of aryl methyl sites for hydroxylation is 1. The zero-order valence-corrected chi connectivity index (χ0v) is 15.6. The molecule has 0 aromatic heterocycles. The lowest BCUT2D eigenvalue weighted by Crippen LogP contribution is -2.56. The Kier molecular flexibility index (Phi) is 6.13. The summed E-state index contributed by atoms with van der Waals surface area (Å²) in [7, 11) is 0. The Morgan fingerprint density at radius 1 is 1.20 bits per heavy atom. The lowest BCUT2D eigenvalue weighted by Gasteiger charge is -2.40. The van der Waals surface area contributed by atoms with Gasteiger partial charge >= 0.3 is 0 Å². The Morgan fingerprint density at radius 3 is 2.60 bits per heavy atom. The average molecular weight is 344 g/mol. The van der Waals surface area contributed by atoms with Gasteiger partial charge < -0.3 is 15.4 Å². The highest BCUT2D eigenvalue weighted by Crippen LogP contribution is 2.35. The van der Waals surface area contributed by atoms with Gasteiger partial charge in [-0.1, -0.05) is 24.3 Å². The summed E-state index contributed by atoms with van der Waals surface area (Å²) in [5, 5.41) is 0. The van der Waals surface area contributed by atoms with Crippen LogP contribution in [-0.4, -0.2) is 42.1 Å². The van der Waals surface area contributed by atoms with Gasteiger partial charge in [0.25, 0.3) is 0 Å². The zero-order valence-electron chi connectivity index (χ0n) is 15.6. The van der Waals surface area contributed by atoms with E-state index >= 15 is 0 Å². The predicted octanol–water partition coefficient (Wildman–Crippen LogP) is 3.38. The molecule has 25 heavy (non-hydrogen) atoms. The minimum Gasteiger partial charge on any atom is -0.376 e. The van der Waals surface area contributed by atoms with Crippen molar-refractivity contribution in [3.63, 3.8) is 0 Å². The average Bonchev–Trinajstić information content (AvgIpc) is 2.61. The fourth-order valence-corrected chi connectivity index (χ4v) is 4.51. The molecule has 4 nitrogen and oxygen atoms in total. The largest absolute Gasteiger partial charge is 0.376 e. The van der Waals surface area contributed by atoms with Gasteiger partial charge in [0.1, 0.15) is 0 Å². The minimum absolute atomic E-state index is 0.0420. The summed E-state index contributed by atoms with van der Waals surface area (Å²) in [5.41, 5.74) is 9.16. The van der Waals surface area contributed by atoms with Crippen LogP contribution in [0.1, 0.15) is 62.5 Å².